The maximum absolute atomic E-state index is 14.4. The van der Waals surface area contributed by atoms with Crippen molar-refractivity contribution >= 4 is 59.5 Å². The second-order valence-electron chi connectivity index (χ2n) is 19.3. The maximum Gasteiger partial charge on any atom is 0.287 e. The van der Waals surface area contributed by atoms with Crippen molar-refractivity contribution in [3.8, 4) is 0 Å². The van der Waals surface area contributed by atoms with Gasteiger partial charge in [-0.05, 0) is 89.2 Å². The van der Waals surface area contributed by atoms with Gasteiger partial charge in [0.05, 0.1) is 24.9 Å². The Hall–Kier alpha value is -6.88. The van der Waals surface area contributed by atoms with Crippen LogP contribution in [0.5, 0.6) is 0 Å². The van der Waals surface area contributed by atoms with Crippen molar-refractivity contribution in [1.29, 1.82) is 0 Å². The summed E-state index contributed by atoms with van der Waals surface area (Å²) in [6.45, 7) is 5.41. The van der Waals surface area contributed by atoms with E-state index in [9.17, 15) is 63.3 Å². The number of nitrogens with one attached hydrogen (secondary N) is 10. The van der Waals surface area contributed by atoms with E-state index in [0.717, 1.165) is 0 Å². The zero-order valence-corrected chi connectivity index (χ0v) is 44.2. The lowest BCUT2D eigenvalue weighted by atomic mass is 9.94. The van der Waals surface area contributed by atoms with Crippen molar-refractivity contribution in [3.63, 3.8) is 0 Å². The van der Waals surface area contributed by atoms with Gasteiger partial charge in [-0.2, -0.15) is 0 Å². The Labute approximate surface area is 446 Å². The summed E-state index contributed by atoms with van der Waals surface area (Å²) in [5.41, 5.74) is 16.5. The van der Waals surface area contributed by atoms with E-state index in [1.165, 1.54) is 19.9 Å². The minimum atomic E-state index is -1.84. The van der Waals surface area contributed by atoms with Gasteiger partial charge in [-0.15, -0.1) is 0 Å². The summed E-state index contributed by atoms with van der Waals surface area (Å²) in [6, 6.07) is -0.899. The van der Waals surface area contributed by atoms with Gasteiger partial charge < -0.3 is 94.9 Å². The van der Waals surface area contributed by atoms with Gasteiger partial charge in [-0.3, -0.25) is 43.2 Å². The summed E-state index contributed by atoms with van der Waals surface area (Å²) in [5.74, 6) is -8.56. The van der Waals surface area contributed by atoms with E-state index >= 15 is 0 Å². The molecule has 0 unspecified atom stereocenters. The molecule has 2 aromatic rings. The van der Waals surface area contributed by atoms with Gasteiger partial charge in [0.25, 0.3) is 5.91 Å². The lowest BCUT2D eigenvalue weighted by molar-refractivity contribution is -0.136. The van der Waals surface area contributed by atoms with Crippen LogP contribution < -0.4 is 70.4 Å². The van der Waals surface area contributed by atoms with Gasteiger partial charge >= 0.3 is 0 Å². The first-order valence-corrected chi connectivity index (χ1v) is 25.7. The molecule has 1 aromatic carbocycles. The standard InChI is InChI=1S/C50H79N13O14/c1-6-31-12-13-38(77-31)47(74)62-40(29(5)67)49(76)60-37(24-64)45(72)57-34-16-21-54-48(75)39(28(4)66)61-41(68)32(14-18-51)55-25-50(26-65,17-20-53)63-46(73)35(22-27(2)3)58-44(71)36(23-30-10-8-7-9-11-30)59-42(69)33(15-19-52)56-43(34)70/h7-13,26-29,32-37,39-40,55,64,66-67H,6,14-25,51-53H2,1-5H3,(H,54,75)(H,56,70)(H,57,72)(H,58,71)(H,59,69)(H,60,76)(H,61,68)(H,62,74)(H,63,73)/t28-,29-,32+,33+,34+,35+,36-,37-,39+,40+,50+/m1/s1. The number of aliphatic hydroxyl groups is 3. The number of hydrogen-bond donors (Lipinski definition) is 16. The predicted octanol–water partition coefficient (Wildman–Crippen LogP) is -5.53. The highest BCUT2D eigenvalue weighted by molar-refractivity contribution is 5.99. The fourth-order valence-electron chi connectivity index (χ4n) is 8.14. The molecule has 27 heteroatoms. The Bertz CT molecular complexity index is 2300. The van der Waals surface area contributed by atoms with Crippen molar-refractivity contribution in [3.05, 3.63) is 59.5 Å². The Morgan fingerprint density at radius 2 is 1.39 bits per heavy atom. The number of rotatable bonds is 21. The second-order valence-corrected chi connectivity index (χ2v) is 19.3. The molecule has 428 valence electrons. The molecule has 0 spiro atoms. The zero-order valence-electron chi connectivity index (χ0n) is 44.2. The number of amides is 9. The Kier molecular flexibility index (Phi) is 26.8. The van der Waals surface area contributed by atoms with Crippen LogP contribution in [0.1, 0.15) is 88.6 Å². The highest BCUT2D eigenvalue weighted by Crippen LogP contribution is 2.14. The Morgan fingerprint density at radius 3 is 1.96 bits per heavy atom. The largest absolute Gasteiger partial charge is 0.456 e. The minimum Gasteiger partial charge on any atom is -0.456 e. The molecule has 9 amide bonds. The summed E-state index contributed by atoms with van der Waals surface area (Å²) >= 11 is 0. The monoisotopic (exact) mass is 1090 g/mol. The molecular weight excluding hydrogens is 1010 g/mol. The highest BCUT2D eigenvalue weighted by atomic mass is 16.4. The van der Waals surface area contributed by atoms with Crippen molar-refractivity contribution in [2.24, 2.45) is 23.1 Å². The molecule has 2 heterocycles. The normalized spacial score (nSPS) is 24.3. The van der Waals surface area contributed by atoms with E-state index in [0.29, 0.717) is 24.0 Å². The van der Waals surface area contributed by atoms with E-state index in [4.69, 9.17) is 21.6 Å². The van der Waals surface area contributed by atoms with Crippen LogP contribution in [-0.2, 0) is 56.0 Å². The van der Waals surface area contributed by atoms with Crippen LogP contribution in [-0.4, -0.2) is 180 Å². The van der Waals surface area contributed by atoms with Gasteiger partial charge in [-0.1, -0.05) is 51.1 Å². The molecule has 11 atom stereocenters. The first-order valence-electron chi connectivity index (χ1n) is 25.7. The van der Waals surface area contributed by atoms with Gasteiger partial charge in [-0.25, -0.2) is 0 Å². The van der Waals surface area contributed by atoms with Crippen LogP contribution in [0.15, 0.2) is 46.9 Å². The molecule has 3 rings (SSSR count). The SMILES string of the molecule is CCc1ccc(C(=O)N[C@H](C(=O)N[C@H](CO)C(=O)N[C@H]2CCNC(=O)[C@H]([C@@H](C)O)NC(=O)[C@H](CCN)NC[C@](C=O)(CCN)NC(=O)[C@H](CC(C)C)NC(=O)[C@@H](Cc3ccccc3)NC(=O)[C@H](CCN)NC2=O)[C@@H](C)O)o1. The van der Waals surface area contributed by atoms with E-state index in [2.05, 4.69) is 53.2 Å². The third-order valence-corrected chi connectivity index (χ3v) is 12.5. The van der Waals surface area contributed by atoms with Gasteiger partial charge in [0.2, 0.25) is 47.3 Å². The van der Waals surface area contributed by atoms with Crippen LogP contribution in [0, 0.1) is 5.92 Å². The number of nitrogens with two attached hydrogens (primary N) is 3. The predicted molar refractivity (Wildman–Crippen MR) is 278 cm³/mol. The van der Waals surface area contributed by atoms with E-state index < -0.39 is 139 Å². The molecule has 0 bridgehead atoms. The molecule has 1 saturated heterocycles. The zero-order chi connectivity index (χ0) is 57.4. The summed E-state index contributed by atoms with van der Waals surface area (Å²) < 4.78 is 5.43. The molecule has 0 saturated carbocycles. The summed E-state index contributed by atoms with van der Waals surface area (Å²) in [4.78, 5) is 138. The number of carbonyl (C=O) groups is 10. The van der Waals surface area contributed by atoms with Crippen LogP contribution in [0.4, 0.5) is 0 Å². The van der Waals surface area contributed by atoms with Crippen molar-refractivity contribution in [2.45, 2.75) is 146 Å². The van der Waals surface area contributed by atoms with Crippen LogP contribution >= 0.6 is 0 Å². The molecule has 1 fully saturated rings. The fraction of sp³-hybridized carbons (Fsp3) is 0.600. The molecule has 0 aliphatic carbocycles. The van der Waals surface area contributed by atoms with Crippen LogP contribution in [0.2, 0.25) is 0 Å². The number of aryl methyl sites for hydroxylation is 1. The summed E-state index contributed by atoms with van der Waals surface area (Å²) in [5, 5.41) is 57.0. The topological polar surface area (TPSA) is 443 Å². The van der Waals surface area contributed by atoms with Crippen molar-refractivity contribution in [1.82, 2.24) is 53.2 Å². The van der Waals surface area contributed by atoms with Gasteiger partial charge in [0, 0.05) is 25.9 Å². The van der Waals surface area contributed by atoms with E-state index in [-0.39, 0.29) is 70.0 Å². The van der Waals surface area contributed by atoms with Crippen molar-refractivity contribution < 1.29 is 67.7 Å². The minimum absolute atomic E-state index is 0.0403. The van der Waals surface area contributed by atoms with Gasteiger partial charge in [0.15, 0.2) is 5.76 Å². The first kappa shape index (κ1) is 64.4. The average Bonchev–Trinajstić information content (AvgIpc) is 3.88. The molecule has 0 radical (unpaired) electrons. The van der Waals surface area contributed by atoms with E-state index in [1.54, 1.807) is 57.2 Å². The van der Waals surface area contributed by atoms with E-state index in [1.807, 2.05) is 0 Å². The summed E-state index contributed by atoms with van der Waals surface area (Å²) in [6.07, 6.45) is -3.19. The number of aldehydes is 1. The summed E-state index contributed by atoms with van der Waals surface area (Å²) in [7, 11) is 0. The first-order chi connectivity index (χ1) is 36.5. The quantitative estimate of drug-likeness (QED) is 0.0519. The Balaban J connectivity index is 2.11. The molecule has 77 heavy (non-hydrogen) atoms. The number of aliphatic hydroxyl groups excluding tert-OH is 3. The number of furan rings is 1. The second kappa shape index (κ2) is 32.0. The van der Waals surface area contributed by atoms with Gasteiger partial charge in [0.1, 0.15) is 59.9 Å². The molecule has 1 aromatic heterocycles. The fourth-order valence-corrected chi connectivity index (χ4v) is 8.14. The Morgan fingerprint density at radius 1 is 0.766 bits per heavy atom. The smallest absolute Gasteiger partial charge is 0.287 e. The third kappa shape index (κ3) is 20.2. The molecule has 1 aliphatic heterocycles. The van der Waals surface area contributed by atoms with Crippen LogP contribution in [0.3, 0.4) is 0 Å². The van der Waals surface area contributed by atoms with Crippen LogP contribution in [0.25, 0.3) is 0 Å². The molecular formula is C50H79N13O14. The lowest BCUT2D eigenvalue weighted by Crippen LogP contribution is -2.64. The molecule has 1 aliphatic rings. The number of carbonyl (C=O) groups excluding carboxylic acids is 10. The lowest BCUT2D eigenvalue weighted by Gasteiger charge is -2.34. The average molecular weight is 1090 g/mol. The molecule has 27 nitrogen and oxygen atoms in total. The molecule has 19 N–H and O–H groups in total. The number of hydrogen-bond acceptors (Lipinski definition) is 18. The highest BCUT2D eigenvalue weighted by Gasteiger charge is 2.39. The maximum atomic E-state index is 14.4. The number of benzene rings is 1. The third-order valence-electron chi connectivity index (χ3n) is 12.5. The van der Waals surface area contributed by atoms with Crippen molar-refractivity contribution in [2.75, 3.05) is 39.3 Å².